The highest BCUT2D eigenvalue weighted by Gasteiger charge is 2.06. The average molecular weight is 282 g/mol. The molecule has 0 saturated heterocycles. The number of aryl methyl sites for hydroxylation is 2. The van der Waals surface area contributed by atoms with Crippen LogP contribution in [0.1, 0.15) is 25.2 Å². The van der Waals surface area contributed by atoms with Gasteiger partial charge >= 0.3 is 0 Å². The van der Waals surface area contributed by atoms with Crippen molar-refractivity contribution in [3.05, 3.63) is 46.5 Å². The molecule has 3 nitrogen and oxygen atoms in total. The number of nitrogens with zero attached hydrogens (tertiary/aromatic N) is 2. The summed E-state index contributed by atoms with van der Waals surface area (Å²) in [6.07, 6.45) is 0.909. The molecule has 2 rings (SSSR count). The zero-order valence-electron chi connectivity index (χ0n) is 11.1. The molecule has 19 heavy (non-hydrogen) atoms. The van der Waals surface area contributed by atoms with Crippen molar-refractivity contribution in [2.75, 3.05) is 5.32 Å². The summed E-state index contributed by atoms with van der Waals surface area (Å²) in [7, 11) is 0. The van der Waals surface area contributed by atoms with Crippen LogP contribution in [0.4, 0.5) is 10.1 Å². The van der Waals surface area contributed by atoms with Crippen LogP contribution in [0, 0.1) is 5.82 Å². The highest BCUT2D eigenvalue weighted by molar-refractivity contribution is 6.30. The molecule has 2 aromatic rings. The third-order valence-corrected chi connectivity index (χ3v) is 3.13. The van der Waals surface area contributed by atoms with Crippen LogP contribution in [0.3, 0.4) is 0 Å². The van der Waals surface area contributed by atoms with Gasteiger partial charge in [0.15, 0.2) is 0 Å². The highest BCUT2D eigenvalue weighted by Crippen LogP contribution is 2.19. The molecule has 0 spiro atoms. The van der Waals surface area contributed by atoms with E-state index in [0.29, 0.717) is 17.3 Å². The van der Waals surface area contributed by atoms with Crippen LogP contribution in [0.5, 0.6) is 0 Å². The van der Waals surface area contributed by atoms with E-state index in [0.717, 1.165) is 24.4 Å². The quantitative estimate of drug-likeness (QED) is 0.902. The van der Waals surface area contributed by atoms with Crippen LogP contribution in [0.15, 0.2) is 24.3 Å². The van der Waals surface area contributed by atoms with Gasteiger partial charge in [-0.05, 0) is 37.6 Å². The molecule has 0 saturated carbocycles. The molecule has 0 aliphatic heterocycles. The molecule has 0 radical (unpaired) electrons. The maximum atomic E-state index is 13.2. The third-order valence-electron chi connectivity index (χ3n) is 2.91. The molecule has 102 valence electrons. The molecule has 0 fully saturated rings. The standard InChI is InChI=1S/C14H17ClFN3/c1-3-12-8-14(19(4-2)18-12)9-17-13-6-10(15)5-11(16)7-13/h5-8,17H,3-4,9H2,1-2H3. The van der Waals surface area contributed by atoms with Crippen LogP contribution >= 0.6 is 11.6 Å². The highest BCUT2D eigenvalue weighted by atomic mass is 35.5. The fraction of sp³-hybridized carbons (Fsp3) is 0.357. The van der Waals surface area contributed by atoms with E-state index in [9.17, 15) is 4.39 Å². The van der Waals surface area contributed by atoms with Crippen molar-refractivity contribution in [2.45, 2.75) is 33.4 Å². The van der Waals surface area contributed by atoms with Crippen molar-refractivity contribution in [1.29, 1.82) is 0 Å². The van der Waals surface area contributed by atoms with E-state index in [-0.39, 0.29) is 5.82 Å². The lowest BCUT2D eigenvalue weighted by Crippen LogP contribution is -2.08. The van der Waals surface area contributed by atoms with Crippen molar-refractivity contribution < 1.29 is 4.39 Å². The lowest BCUT2D eigenvalue weighted by molar-refractivity contribution is 0.618. The molecule has 1 aromatic carbocycles. The smallest absolute Gasteiger partial charge is 0.126 e. The number of anilines is 1. The largest absolute Gasteiger partial charge is 0.379 e. The van der Waals surface area contributed by atoms with E-state index >= 15 is 0 Å². The van der Waals surface area contributed by atoms with Crippen LogP contribution in [-0.4, -0.2) is 9.78 Å². The SMILES string of the molecule is CCc1cc(CNc2cc(F)cc(Cl)c2)n(CC)n1. The van der Waals surface area contributed by atoms with Crippen molar-refractivity contribution >= 4 is 17.3 Å². The maximum absolute atomic E-state index is 13.2. The summed E-state index contributed by atoms with van der Waals surface area (Å²) in [4.78, 5) is 0. The first-order chi connectivity index (χ1) is 9.12. The molecule has 0 aliphatic carbocycles. The third kappa shape index (κ3) is 3.47. The van der Waals surface area contributed by atoms with E-state index in [1.807, 2.05) is 4.68 Å². The Kier molecular flexibility index (Phi) is 4.43. The van der Waals surface area contributed by atoms with Gasteiger partial charge in [-0.1, -0.05) is 18.5 Å². The summed E-state index contributed by atoms with van der Waals surface area (Å²) in [5.41, 5.74) is 2.82. The van der Waals surface area contributed by atoms with Gasteiger partial charge in [0.25, 0.3) is 0 Å². The number of halogens is 2. The zero-order valence-corrected chi connectivity index (χ0v) is 11.8. The molecule has 5 heteroatoms. The van der Waals surface area contributed by atoms with Gasteiger partial charge in [0.05, 0.1) is 17.9 Å². The minimum Gasteiger partial charge on any atom is -0.379 e. The Morgan fingerprint density at radius 1 is 1.26 bits per heavy atom. The Morgan fingerprint density at radius 2 is 2.05 bits per heavy atom. The van der Waals surface area contributed by atoms with Crippen molar-refractivity contribution in [3.8, 4) is 0 Å². The fourth-order valence-corrected chi connectivity index (χ4v) is 2.17. The second-order valence-electron chi connectivity index (χ2n) is 4.31. The summed E-state index contributed by atoms with van der Waals surface area (Å²) in [5.74, 6) is -0.340. The monoisotopic (exact) mass is 281 g/mol. The van der Waals surface area contributed by atoms with E-state index < -0.39 is 0 Å². The molecule has 1 heterocycles. The lowest BCUT2D eigenvalue weighted by Gasteiger charge is -2.08. The van der Waals surface area contributed by atoms with Crippen molar-refractivity contribution in [2.24, 2.45) is 0 Å². The van der Waals surface area contributed by atoms with Gasteiger partial charge in [0.1, 0.15) is 5.82 Å². The average Bonchev–Trinajstić information content (AvgIpc) is 2.77. The van der Waals surface area contributed by atoms with E-state index in [4.69, 9.17) is 11.6 Å². The van der Waals surface area contributed by atoms with Gasteiger partial charge in [-0.3, -0.25) is 4.68 Å². The Morgan fingerprint density at radius 3 is 2.68 bits per heavy atom. The topological polar surface area (TPSA) is 29.9 Å². The number of hydrogen-bond donors (Lipinski definition) is 1. The van der Waals surface area contributed by atoms with E-state index in [2.05, 4.69) is 30.3 Å². The lowest BCUT2D eigenvalue weighted by atomic mass is 10.2. The van der Waals surface area contributed by atoms with Gasteiger partial charge in [0.2, 0.25) is 0 Å². The first kappa shape index (κ1) is 13.9. The fourth-order valence-electron chi connectivity index (χ4n) is 1.95. The zero-order chi connectivity index (χ0) is 13.8. The predicted molar refractivity (Wildman–Crippen MR) is 76.0 cm³/mol. The number of aromatic nitrogens is 2. The summed E-state index contributed by atoms with van der Waals surface area (Å²) in [6.45, 7) is 5.54. The maximum Gasteiger partial charge on any atom is 0.126 e. The van der Waals surface area contributed by atoms with Gasteiger partial charge in [-0.15, -0.1) is 0 Å². The molecule has 0 bridgehead atoms. The van der Waals surface area contributed by atoms with E-state index in [1.165, 1.54) is 12.1 Å². The summed E-state index contributed by atoms with van der Waals surface area (Å²) in [5, 5.41) is 8.03. The van der Waals surface area contributed by atoms with Gasteiger partial charge in [-0.2, -0.15) is 5.10 Å². The van der Waals surface area contributed by atoms with Crippen LogP contribution in [0.2, 0.25) is 5.02 Å². The number of rotatable bonds is 5. The normalized spacial score (nSPS) is 10.7. The Hall–Kier alpha value is -1.55. The number of nitrogens with one attached hydrogen (secondary N) is 1. The van der Waals surface area contributed by atoms with Crippen molar-refractivity contribution in [1.82, 2.24) is 9.78 Å². The predicted octanol–water partition coefficient (Wildman–Crippen LogP) is 3.87. The second-order valence-corrected chi connectivity index (χ2v) is 4.74. The van der Waals surface area contributed by atoms with Crippen LogP contribution < -0.4 is 5.32 Å². The molecular weight excluding hydrogens is 265 g/mol. The molecule has 0 amide bonds. The number of hydrogen-bond acceptors (Lipinski definition) is 2. The Labute approximate surface area is 117 Å². The molecule has 0 unspecified atom stereocenters. The first-order valence-electron chi connectivity index (χ1n) is 6.38. The summed E-state index contributed by atoms with van der Waals surface area (Å²) in [6, 6.07) is 6.49. The summed E-state index contributed by atoms with van der Waals surface area (Å²) < 4.78 is 15.2. The molecule has 0 aliphatic rings. The number of benzene rings is 1. The van der Waals surface area contributed by atoms with Crippen LogP contribution in [-0.2, 0) is 19.5 Å². The molecule has 1 aromatic heterocycles. The minimum absolute atomic E-state index is 0.340. The molecule has 0 atom stereocenters. The summed E-state index contributed by atoms with van der Waals surface area (Å²) >= 11 is 5.82. The Bertz CT molecular complexity index is 546. The van der Waals surface area contributed by atoms with Crippen LogP contribution in [0.25, 0.3) is 0 Å². The second kappa shape index (κ2) is 6.06. The first-order valence-corrected chi connectivity index (χ1v) is 6.75. The van der Waals surface area contributed by atoms with E-state index in [1.54, 1.807) is 6.07 Å². The van der Waals surface area contributed by atoms with Gasteiger partial charge < -0.3 is 5.32 Å². The van der Waals surface area contributed by atoms with Gasteiger partial charge in [-0.25, -0.2) is 4.39 Å². The van der Waals surface area contributed by atoms with Gasteiger partial charge in [0, 0.05) is 17.3 Å². The van der Waals surface area contributed by atoms with Crippen molar-refractivity contribution in [3.63, 3.8) is 0 Å². The molecule has 1 N–H and O–H groups in total. The Balaban J connectivity index is 2.11. The molecular formula is C14H17ClFN3. The minimum atomic E-state index is -0.340.